The van der Waals surface area contributed by atoms with Crippen LogP contribution >= 0.6 is 0 Å². The van der Waals surface area contributed by atoms with Crippen molar-refractivity contribution < 1.29 is 8.42 Å². The first kappa shape index (κ1) is 15.3. The highest BCUT2D eigenvalue weighted by atomic mass is 32.2. The maximum atomic E-state index is 11.2. The van der Waals surface area contributed by atoms with Gasteiger partial charge in [0.15, 0.2) is 0 Å². The second-order valence-corrected chi connectivity index (χ2v) is 6.90. The van der Waals surface area contributed by atoms with Gasteiger partial charge in [0.25, 0.3) is 0 Å². The summed E-state index contributed by atoms with van der Waals surface area (Å²) in [6, 6.07) is 8.56. The van der Waals surface area contributed by atoms with E-state index >= 15 is 0 Å². The first-order valence-electron chi connectivity index (χ1n) is 7.09. The lowest BCUT2D eigenvalue weighted by Gasteiger charge is -2.25. The molecule has 1 atom stereocenters. The number of nitrogens with two attached hydrogens (primary N) is 1. The minimum atomic E-state index is -3.42. The van der Waals surface area contributed by atoms with Gasteiger partial charge in [0, 0.05) is 24.8 Å². The average molecular weight is 297 g/mol. The maximum Gasteiger partial charge on any atom is 0.210 e. The van der Waals surface area contributed by atoms with Crippen LogP contribution in [0.15, 0.2) is 24.3 Å². The second kappa shape index (κ2) is 6.56. The van der Waals surface area contributed by atoms with Crippen LogP contribution < -0.4 is 15.4 Å². The molecule has 1 unspecified atom stereocenters. The fraction of sp³-hybridized carbons (Fsp3) is 0.571. The molecule has 3 N–H and O–H groups in total. The van der Waals surface area contributed by atoms with Gasteiger partial charge in [0.1, 0.15) is 0 Å². The number of hydrogen-bond donors (Lipinski definition) is 2. The Bertz CT molecular complexity index is 545. The van der Waals surface area contributed by atoms with Crippen LogP contribution in [0.2, 0.25) is 0 Å². The topological polar surface area (TPSA) is 75.4 Å². The van der Waals surface area contributed by atoms with E-state index in [9.17, 15) is 8.42 Å². The van der Waals surface area contributed by atoms with Crippen LogP contribution in [0.5, 0.6) is 0 Å². The molecule has 1 aliphatic rings. The van der Waals surface area contributed by atoms with E-state index in [2.05, 4.69) is 29.3 Å². The third-order valence-corrected chi connectivity index (χ3v) is 4.42. The minimum Gasteiger partial charge on any atom is -0.370 e. The summed E-state index contributed by atoms with van der Waals surface area (Å²) in [5.41, 5.74) is 2.38. The molecule has 112 valence electrons. The standard InChI is InChI=1S/C14H23N3O2S/c1-2-16-13-7-5-9-17(10-11-20(15,18)19)14-8-4-3-6-12(13)14/h3-4,6,8,13,16H,2,5,7,9-11H2,1H3,(H2,15,18,19). The van der Waals surface area contributed by atoms with E-state index in [0.717, 1.165) is 31.6 Å². The van der Waals surface area contributed by atoms with Gasteiger partial charge in [-0.1, -0.05) is 25.1 Å². The number of nitrogens with one attached hydrogen (secondary N) is 1. The van der Waals surface area contributed by atoms with Crippen LogP contribution in [0.4, 0.5) is 5.69 Å². The number of sulfonamides is 1. The highest BCUT2D eigenvalue weighted by Gasteiger charge is 2.22. The Kier molecular flexibility index (Phi) is 5.01. The van der Waals surface area contributed by atoms with E-state index in [1.807, 2.05) is 12.1 Å². The molecular formula is C14H23N3O2S. The van der Waals surface area contributed by atoms with E-state index in [1.165, 1.54) is 5.56 Å². The Hall–Kier alpha value is -1.11. The Morgan fingerprint density at radius 1 is 1.40 bits per heavy atom. The van der Waals surface area contributed by atoms with Crippen LogP contribution in [0.3, 0.4) is 0 Å². The second-order valence-electron chi connectivity index (χ2n) is 5.17. The zero-order valence-corrected chi connectivity index (χ0v) is 12.7. The van der Waals surface area contributed by atoms with E-state index in [1.54, 1.807) is 0 Å². The van der Waals surface area contributed by atoms with Gasteiger partial charge in [-0.3, -0.25) is 0 Å². The van der Waals surface area contributed by atoms with Crippen molar-refractivity contribution in [2.24, 2.45) is 5.14 Å². The molecule has 2 rings (SSSR count). The van der Waals surface area contributed by atoms with E-state index in [0.29, 0.717) is 12.6 Å². The SMILES string of the molecule is CCNC1CCCN(CCS(N)(=O)=O)c2ccccc21. The van der Waals surface area contributed by atoms with Crippen LogP contribution in [0.25, 0.3) is 0 Å². The van der Waals surface area contributed by atoms with Crippen molar-refractivity contribution >= 4 is 15.7 Å². The normalized spacial score (nSPS) is 19.5. The molecule has 1 heterocycles. The quantitative estimate of drug-likeness (QED) is 0.857. The Labute approximate surface area is 121 Å². The molecule has 0 spiro atoms. The summed E-state index contributed by atoms with van der Waals surface area (Å²) in [5, 5.41) is 8.62. The molecule has 1 aromatic carbocycles. The van der Waals surface area contributed by atoms with E-state index in [4.69, 9.17) is 5.14 Å². The number of benzene rings is 1. The number of nitrogens with zero attached hydrogens (tertiary/aromatic N) is 1. The van der Waals surface area contributed by atoms with Crippen molar-refractivity contribution in [2.75, 3.05) is 30.3 Å². The summed E-state index contributed by atoms with van der Waals surface area (Å²) in [5.74, 6) is -0.00674. The number of rotatable bonds is 5. The summed E-state index contributed by atoms with van der Waals surface area (Å²) < 4.78 is 22.4. The molecular weight excluding hydrogens is 274 g/mol. The van der Waals surface area contributed by atoms with Crippen molar-refractivity contribution in [1.29, 1.82) is 0 Å². The highest BCUT2D eigenvalue weighted by molar-refractivity contribution is 7.89. The largest absolute Gasteiger partial charge is 0.370 e. The number of para-hydroxylation sites is 1. The molecule has 6 heteroatoms. The zero-order chi connectivity index (χ0) is 14.6. The smallest absolute Gasteiger partial charge is 0.210 e. The van der Waals surface area contributed by atoms with Crippen molar-refractivity contribution in [3.63, 3.8) is 0 Å². The molecule has 0 aliphatic carbocycles. The minimum absolute atomic E-state index is 0.00674. The molecule has 0 aromatic heterocycles. The summed E-state index contributed by atoms with van der Waals surface area (Å²) in [4.78, 5) is 2.14. The molecule has 5 nitrogen and oxygen atoms in total. The Morgan fingerprint density at radius 3 is 2.85 bits per heavy atom. The Balaban J connectivity index is 2.23. The molecule has 0 amide bonds. The molecule has 1 aliphatic heterocycles. The Morgan fingerprint density at radius 2 is 2.15 bits per heavy atom. The molecule has 20 heavy (non-hydrogen) atoms. The predicted octanol–water partition coefficient (Wildman–Crippen LogP) is 1.23. The lowest BCUT2D eigenvalue weighted by atomic mass is 10.0. The molecule has 0 saturated carbocycles. The van der Waals surface area contributed by atoms with Gasteiger partial charge in [-0.25, -0.2) is 13.6 Å². The molecule has 0 saturated heterocycles. The first-order chi connectivity index (χ1) is 9.51. The van der Waals surface area contributed by atoms with Gasteiger partial charge < -0.3 is 10.2 Å². The molecule has 1 aromatic rings. The summed E-state index contributed by atoms with van der Waals surface area (Å²) in [6.07, 6.45) is 2.10. The number of hydrogen-bond acceptors (Lipinski definition) is 4. The van der Waals surface area contributed by atoms with Crippen molar-refractivity contribution in [2.45, 2.75) is 25.8 Å². The van der Waals surface area contributed by atoms with Gasteiger partial charge >= 0.3 is 0 Å². The average Bonchev–Trinajstić information content (AvgIpc) is 2.57. The van der Waals surface area contributed by atoms with Gasteiger partial charge in [0.05, 0.1) is 5.75 Å². The lowest BCUT2D eigenvalue weighted by Crippen LogP contribution is -2.32. The van der Waals surface area contributed by atoms with E-state index in [-0.39, 0.29) is 5.75 Å². The zero-order valence-electron chi connectivity index (χ0n) is 11.9. The highest BCUT2D eigenvalue weighted by Crippen LogP contribution is 2.32. The fourth-order valence-corrected chi connectivity index (χ4v) is 3.24. The molecule has 0 radical (unpaired) electrons. The third-order valence-electron chi connectivity index (χ3n) is 3.67. The maximum absolute atomic E-state index is 11.2. The molecule has 0 fully saturated rings. The van der Waals surface area contributed by atoms with Crippen molar-refractivity contribution in [3.05, 3.63) is 29.8 Å². The van der Waals surface area contributed by atoms with Crippen LogP contribution in [0.1, 0.15) is 31.4 Å². The molecule has 0 bridgehead atoms. The summed E-state index contributed by atoms with van der Waals surface area (Å²) in [7, 11) is -3.42. The number of primary sulfonamides is 1. The lowest BCUT2D eigenvalue weighted by molar-refractivity contribution is 0.511. The monoisotopic (exact) mass is 297 g/mol. The summed E-state index contributed by atoms with van der Waals surface area (Å²) in [6.45, 7) is 4.35. The predicted molar refractivity (Wildman–Crippen MR) is 82.3 cm³/mol. The number of fused-ring (bicyclic) bond motifs is 1. The van der Waals surface area contributed by atoms with Gasteiger partial charge in [-0.05, 0) is 31.0 Å². The van der Waals surface area contributed by atoms with Crippen LogP contribution in [-0.4, -0.2) is 33.8 Å². The van der Waals surface area contributed by atoms with Crippen molar-refractivity contribution in [1.82, 2.24) is 5.32 Å². The fourth-order valence-electron chi connectivity index (χ4n) is 2.76. The first-order valence-corrected chi connectivity index (χ1v) is 8.80. The number of anilines is 1. The van der Waals surface area contributed by atoms with E-state index < -0.39 is 10.0 Å². The van der Waals surface area contributed by atoms with Crippen LogP contribution in [-0.2, 0) is 10.0 Å². The van der Waals surface area contributed by atoms with Crippen LogP contribution in [0, 0.1) is 0 Å². The van der Waals surface area contributed by atoms with Gasteiger partial charge in [-0.2, -0.15) is 0 Å². The van der Waals surface area contributed by atoms with Crippen molar-refractivity contribution in [3.8, 4) is 0 Å². The summed E-state index contributed by atoms with van der Waals surface area (Å²) >= 11 is 0. The third kappa shape index (κ3) is 3.94. The van der Waals surface area contributed by atoms with Gasteiger partial charge in [-0.15, -0.1) is 0 Å². The van der Waals surface area contributed by atoms with Gasteiger partial charge in [0.2, 0.25) is 10.0 Å².